The molecule has 90 valence electrons. The number of aromatic nitrogens is 1. The van der Waals surface area contributed by atoms with Crippen molar-refractivity contribution in [2.45, 2.75) is 13.0 Å². The Morgan fingerprint density at radius 1 is 1.47 bits per heavy atom. The number of methoxy groups -OCH3 is 1. The fourth-order valence-electron chi connectivity index (χ4n) is 1.58. The first kappa shape index (κ1) is 12.4. The molecule has 2 rings (SSSR count). The molecule has 0 saturated carbocycles. The van der Waals surface area contributed by atoms with E-state index in [4.69, 9.17) is 16.3 Å². The van der Waals surface area contributed by atoms with Gasteiger partial charge in [-0.3, -0.25) is 0 Å². The van der Waals surface area contributed by atoms with Gasteiger partial charge in [0.25, 0.3) is 0 Å². The first-order chi connectivity index (χ1) is 8.11. The molecule has 2 aromatic rings. The number of rotatable bonds is 3. The predicted octanol–water partition coefficient (Wildman–Crippen LogP) is 3.20. The van der Waals surface area contributed by atoms with Crippen molar-refractivity contribution in [3.63, 3.8) is 0 Å². The van der Waals surface area contributed by atoms with Crippen LogP contribution in [0.1, 0.15) is 21.6 Å². The van der Waals surface area contributed by atoms with E-state index >= 15 is 0 Å². The second kappa shape index (κ2) is 5.04. The van der Waals surface area contributed by atoms with Crippen LogP contribution in [0, 0.1) is 6.92 Å². The van der Waals surface area contributed by atoms with Crippen LogP contribution in [0.4, 0.5) is 0 Å². The molecule has 0 fully saturated rings. The lowest BCUT2D eigenvalue weighted by Gasteiger charge is -2.13. The third-order valence-corrected chi connectivity index (χ3v) is 3.60. The van der Waals surface area contributed by atoms with Gasteiger partial charge in [0.05, 0.1) is 17.0 Å². The van der Waals surface area contributed by atoms with E-state index in [1.54, 1.807) is 31.5 Å². The molecule has 1 N–H and O–H groups in total. The maximum absolute atomic E-state index is 10.3. The summed E-state index contributed by atoms with van der Waals surface area (Å²) in [6, 6.07) is 5.18. The summed E-state index contributed by atoms with van der Waals surface area (Å²) in [6.07, 6.45) is 0.917. The first-order valence-electron chi connectivity index (χ1n) is 5.05. The zero-order valence-electron chi connectivity index (χ0n) is 9.48. The topological polar surface area (TPSA) is 42.4 Å². The number of hydrogen-bond donors (Lipinski definition) is 1. The van der Waals surface area contributed by atoms with Gasteiger partial charge in [0.15, 0.2) is 0 Å². The summed E-state index contributed by atoms with van der Waals surface area (Å²) in [4.78, 5) is 4.91. The number of halogens is 1. The minimum atomic E-state index is -0.755. The highest BCUT2D eigenvalue weighted by atomic mass is 35.5. The molecular formula is C12H12ClNO2S. The fourth-order valence-corrected chi connectivity index (χ4v) is 2.55. The van der Waals surface area contributed by atoms with Crippen molar-refractivity contribution < 1.29 is 9.84 Å². The highest BCUT2D eigenvalue weighted by Crippen LogP contribution is 2.34. The third kappa shape index (κ3) is 2.60. The molecule has 0 spiro atoms. The molecule has 1 aromatic heterocycles. The van der Waals surface area contributed by atoms with Crippen LogP contribution < -0.4 is 4.74 Å². The van der Waals surface area contributed by atoms with Gasteiger partial charge in [-0.25, -0.2) is 4.98 Å². The number of benzene rings is 1. The van der Waals surface area contributed by atoms with Gasteiger partial charge in [0, 0.05) is 16.8 Å². The first-order valence-corrected chi connectivity index (χ1v) is 6.25. The molecule has 0 aliphatic heterocycles. The molecule has 0 amide bonds. The molecule has 0 bridgehead atoms. The van der Waals surface area contributed by atoms with Gasteiger partial charge in [-0.15, -0.1) is 11.3 Å². The van der Waals surface area contributed by atoms with Crippen LogP contribution in [0.5, 0.6) is 5.75 Å². The molecule has 0 aliphatic rings. The molecular weight excluding hydrogens is 258 g/mol. The van der Waals surface area contributed by atoms with Crippen LogP contribution in [0.3, 0.4) is 0 Å². The average Bonchev–Trinajstić information content (AvgIpc) is 2.75. The summed E-state index contributed by atoms with van der Waals surface area (Å²) in [7, 11) is 1.57. The Kier molecular flexibility index (Phi) is 3.66. The smallest absolute Gasteiger partial charge is 0.125 e. The van der Waals surface area contributed by atoms with E-state index in [1.807, 2.05) is 6.92 Å². The number of aliphatic hydroxyl groups excluding tert-OH is 1. The van der Waals surface area contributed by atoms with Crippen molar-refractivity contribution in [1.29, 1.82) is 0 Å². The standard InChI is InChI=1S/C12H12ClNO2S/c1-7-14-6-11(17-7)12(15)9-5-8(13)3-4-10(9)16-2/h3-6,12,15H,1-2H3. The molecule has 5 heteroatoms. The molecule has 1 unspecified atom stereocenters. The summed E-state index contributed by atoms with van der Waals surface area (Å²) in [6.45, 7) is 1.90. The second-order valence-corrected chi connectivity index (χ2v) is 5.27. The van der Waals surface area contributed by atoms with Crippen LogP contribution in [-0.4, -0.2) is 17.2 Å². The largest absolute Gasteiger partial charge is 0.496 e. The maximum atomic E-state index is 10.3. The van der Waals surface area contributed by atoms with Crippen LogP contribution >= 0.6 is 22.9 Å². The van der Waals surface area contributed by atoms with Crippen LogP contribution in [0.15, 0.2) is 24.4 Å². The Bertz CT molecular complexity index is 527. The van der Waals surface area contributed by atoms with Gasteiger partial charge in [-0.05, 0) is 25.1 Å². The predicted molar refractivity (Wildman–Crippen MR) is 68.9 cm³/mol. The van der Waals surface area contributed by atoms with Crippen molar-refractivity contribution in [2.24, 2.45) is 0 Å². The number of nitrogens with zero attached hydrogens (tertiary/aromatic N) is 1. The van der Waals surface area contributed by atoms with Gasteiger partial charge in [-0.2, -0.15) is 0 Å². The fraction of sp³-hybridized carbons (Fsp3) is 0.250. The summed E-state index contributed by atoms with van der Waals surface area (Å²) in [5, 5.41) is 11.8. The molecule has 1 atom stereocenters. The van der Waals surface area contributed by atoms with E-state index < -0.39 is 6.10 Å². The molecule has 1 heterocycles. The summed E-state index contributed by atoms with van der Waals surface area (Å²) < 4.78 is 5.22. The Balaban J connectivity index is 2.42. The summed E-state index contributed by atoms with van der Waals surface area (Å²) >= 11 is 7.39. The van der Waals surface area contributed by atoms with Crippen LogP contribution in [-0.2, 0) is 0 Å². The molecule has 0 saturated heterocycles. The van der Waals surface area contributed by atoms with Gasteiger partial charge in [0.1, 0.15) is 11.9 Å². The monoisotopic (exact) mass is 269 g/mol. The second-order valence-electron chi connectivity index (χ2n) is 3.57. The zero-order chi connectivity index (χ0) is 12.4. The maximum Gasteiger partial charge on any atom is 0.125 e. The van der Waals surface area contributed by atoms with Crippen molar-refractivity contribution >= 4 is 22.9 Å². The van der Waals surface area contributed by atoms with Crippen molar-refractivity contribution in [1.82, 2.24) is 4.98 Å². The molecule has 3 nitrogen and oxygen atoms in total. The van der Waals surface area contributed by atoms with Crippen molar-refractivity contribution in [2.75, 3.05) is 7.11 Å². The van der Waals surface area contributed by atoms with E-state index in [1.165, 1.54) is 11.3 Å². The number of aryl methyl sites for hydroxylation is 1. The molecule has 0 aliphatic carbocycles. The van der Waals surface area contributed by atoms with E-state index in [0.717, 1.165) is 9.88 Å². The minimum absolute atomic E-state index is 0.570. The summed E-state index contributed by atoms with van der Waals surface area (Å²) in [5.74, 6) is 0.618. The number of thiazole rings is 1. The highest BCUT2D eigenvalue weighted by molar-refractivity contribution is 7.11. The van der Waals surface area contributed by atoms with Crippen molar-refractivity contribution in [3.8, 4) is 5.75 Å². The quantitative estimate of drug-likeness (QED) is 0.930. The SMILES string of the molecule is COc1ccc(Cl)cc1C(O)c1cnc(C)s1. The Morgan fingerprint density at radius 2 is 2.24 bits per heavy atom. The van der Waals surface area contributed by atoms with Gasteiger partial charge < -0.3 is 9.84 Å². The van der Waals surface area contributed by atoms with Crippen LogP contribution in [0.2, 0.25) is 5.02 Å². The average molecular weight is 270 g/mol. The normalized spacial score (nSPS) is 12.5. The number of hydrogen-bond acceptors (Lipinski definition) is 4. The summed E-state index contributed by atoms with van der Waals surface area (Å²) in [5.41, 5.74) is 0.656. The minimum Gasteiger partial charge on any atom is -0.496 e. The zero-order valence-corrected chi connectivity index (χ0v) is 11.0. The number of ether oxygens (including phenoxy) is 1. The van der Waals surface area contributed by atoms with Gasteiger partial charge in [0.2, 0.25) is 0 Å². The third-order valence-electron chi connectivity index (χ3n) is 2.39. The van der Waals surface area contributed by atoms with Crippen molar-refractivity contribution in [3.05, 3.63) is 44.9 Å². The lowest BCUT2D eigenvalue weighted by Crippen LogP contribution is -2.00. The number of aliphatic hydroxyl groups is 1. The lowest BCUT2D eigenvalue weighted by atomic mass is 10.1. The van der Waals surface area contributed by atoms with E-state index in [2.05, 4.69) is 4.98 Å². The Morgan fingerprint density at radius 3 is 2.82 bits per heavy atom. The molecule has 0 radical (unpaired) electrons. The van der Waals surface area contributed by atoms with Crippen LogP contribution in [0.25, 0.3) is 0 Å². The molecule has 1 aromatic carbocycles. The Hall–Kier alpha value is -1.10. The van der Waals surface area contributed by atoms with E-state index in [-0.39, 0.29) is 0 Å². The van der Waals surface area contributed by atoms with E-state index in [0.29, 0.717) is 16.3 Å². The highest BCUT2D eigenvalue weighted by Gasteiger charge is 2.17. The van der Waals surface area contributed by atoms with Gasteiger partial charge in [-0.1, -0.05) is 11.6 Å². The molecule has 17 heavy (non-hydrogen) atoms. The lowest BCUT2D eigenvalue weighted by molar-refractivity contribution is 0.218. The Labute approximate surface area is 109 Å². The van der Waals surface area contributed by atoms with Gasteiger partial charge >= 0.3 is 0 Å². The van der Waals surface area contributed by atoms with E-state index in [9.17, 15) is 5.11 Å².